The summed E-state index contributed by atoms with van der Waals surface area (Å²) in [4.78, 5) is 29.0. The van der Waals surface area contributed by atoms with E-state index in [9.17, 15) is 18.0 Å². The van der Waals surface area contributed by atoms with Gasteiger partial charge in [0.2, 0.25) is 11.8 Å². The van der Waals surface area contributed by atoms with Gasteiger partial charge in [0.05, 0.1) is 27.7 Å². The largest absolute Gasteiger partial charge is 0.497 e. The normalized spacial score (nSPS) is 12.4. The van der Waals surface area contributed by atoms with Crippen LogP contribution in [-0.4, -0.2) is 50.4 Å². The van der Waals surface area contributed by atoms with Crippen LogP contribution in [0, 0.1) is 6.92 Å². The molecule has 11 heteroatoms. The summed E-state index contributed by atoms with van der Waals surface area (Å²) in [5.74, 6) is -0.262. The number of amides is 2. The average Bonchev–Trinajstić information content (AvgIpc) is 2.92. The fourth-order valence-electron chi connectivity index (χ4n) is 4.31. The van der Waals surface area contributed by atoms with Crippen LogP contribution >= 0.6 is 23.2 Å². The summed E-state index contributed by atoms with van der Waals surface area (Å²) in [6, 6.07) is 17.0. The van der Waals surface area contributed by atoms with E-state index in [0.717, 1.165) is 15.4 Å². The Morgan fingerprint density at radius 2 is 1.57 bits per heavy atom. The number of aryl methyl sites for hydroxylation is 1. The van der Waals surface area contributed by atoms with Crippen LogP contribution < -0.4 is 14.4 Å². The minimum atomic E-state index is -4.23. The van der Waals surface area contributed by atoms with Crippen molar-refractivity contribution in [1.29, 1.82) is 0 Å². The molecule has 1 unspecified atom stereocenters. The van der Waals surface area contributed by atoms with Crippen molar-refractivity contribution in [2.75, 3.05) is 18.0 Å². The first-order chi connectivity index (χ1) is 19.7. The molecule has 0 bridgehead atoms. The number of nitrogens with zero attached hydrogens (tertiary/aromatic N) is 2. The molecule has 0 heterocycles. The second kappa shape index (κ2) is 13.8. The lowest BCUT2D eigenvalue weighted by Crippen LogP contribution is -2.55. The van der Waals surface area contributed by atoms with Gasteiger partial charge in [-0.05, 0) is 82.1 Å². The zero-order chi connectivity index (χ0) is 31.2. The van der Waals surface area contributed by atoms with E-state index >= 15 is 0 Å². The Balaban J connectivity index is 2.09. The van der Waals surface area contributed by atoms with Crippen LogP contribution in [0.2, 0.25) is 10.0 Å². The molecule has 0 aliphatic carbocycles. The van der Waals surface area contributed by atoms with E-state index in [1.807, 2.05) is 27.7 Å². The molecule has 0 fully saturated rings. The third-order valence-corrected chi connectivity index (χ3v) is 9.00. The van der Waals surface area contributed by atoms with Crippen LogP contribution in [0.1, 0.15) is 45.2 Å². The third kappa shape index (κ3) is 8.40. The van der Waals surface area contributed by atoms with Crippen molar-refractivity contribution < 1.29 is 22.7 Å². The Morgan fingerprint density at radius 3 is 2.10 bits per heavy atom. The molecule has 2 amide bonds. The number of halogens is 2. The SMILES string of the molecule is CCC(C(=O)NC(C)(C)C)N(Cc1ccc(OC)cc1)C(=O)CN(c1ccc(Cl)c(Cl)c1)S(=O)(=O)c1ccc(C)cc1. The van der Waals surface area contributed by atoms with E-state index in [0.29, 0.717) is 12.2 Å². The van der Waals surface area contributed by atoms with Crippen molar-refractivity contribution in [1.82, 2.24) is 10.2 Å². The second-order valence-electron chi connectivity index (χ2n) is 11.0. The fraction of sp³-hybridized carbons (Fsp3) is 0.355. The van der Waals surface area contributed by atoms with E-state index in [1.54, 1.807) is 50.4 Å². The molecule has 42 heavy (non-hydrogen) atoms. The van der Waals surface area contributed by atoms with Crippen molar-refractivity contribution in [3.8, 4) is 5.75 Å². The number of benzene rings is 3. The number of sulfonamides is 1. The number of anilines is 1. The topological polar surface area (TPSA) is 96.0 Å². The monoisotopic (exact) mass is 633 g/mol. The smallest absolute Gasteiger partial charge is 0.264 e. The maximum Gasteiger partial charge on any atom is 0.264 e. The van der Waals surface area contributed by atoms with Gasteiger partial charge < -0.3 is 15.0 Å². The lowest BCUT2D eigenvalue weighted by Gasteiger charge is -2.34. The molecule has 0 saturated heterocycles. The molecule has 3 rings (SSSR count). The first kappa shape index (κ1) is 33.2. The van der Waals surface area contributed by atoms with Gasteiger partial charge in [-0.1, -0.05) is 60.0 Å². The summed E-state index contributed by atoms with van der Waals surface area (Å²) in [6.07, 6.45) is 0.307. The summed E-state index contributed by atoms with van der Waals surface area (Å²) >= 11 is 12.4. The predicted octanol–water partition coefficient (Wildman–Crippen LogP) is 6.23. The van der Waals surface area contributed by atoms with Gasteiger partial charge in [0.25, 0.3) is 10.0 Å². The molecule has 0 radical (unpaired) electrons. The zero-order valence-corrected chi connectivity index (χ0v) is 27.0. The highest BCUT2D eigenvalue weighted by Gasteiger charge is 2.34. The van der Waals surface area contributed by atoms with Crippen LogP contribution in [0.3, 0.4) is 0 Å². The molecule has 0 spiro atoms. The van der Waals surface area contributed by atoms with Crippen LogP contribution in [0.5, 0.6) is 5.75 Å². The molecule has 1 atom stereocenters. The Bertz CT molecular complexity index is 1510. The number of rotatable bonds is 11. The van der Waals surface area contributed by atoms with Crippen molar-refractivity contribution in [2.24, 2.45) is 0 Å². The Labute approximate surface area is 258 Å². The number of hydrogen-bond donors (Lipinski definition) is 1. The molecular formula is C31H37Cl2N3O5S. The quantitative estimate of drug-likeness (QED) is 0.270. The van der Waals surface area contributed by atoms with Crippen LogP contribution in [0.25, 0.3) is 0 Å². The molecule has 0 aliphatic heterocycles. The lowest BCUT2D eigenvalue weighted by atomic mass is 10.1. The van der Waals surface area contributed by atoms with E-state index in [-0.39, 0.29) is 33.1 Å². The summed E-state index contributed by atoms with van der Waals surface area (Å²) < 4.78 is 34.2. The summed E-state index contributed by atoms with van der Waals surface area (Å²) in [7, 11) is -2.67. The third-order valence-electron chi connectivity index (χ3n) is 6.48. The Morgan fingerprint density at radius 1 is 0.952 bits per heavy atom. The Hall–Kier alpha value is -3.27. The van der Waals surface area contributed by atoms with Crippen molar-refractivity contribution in [3.05, 3.63) is 87.9 Å². The molecule has 8 nitrogen and oxygen atoms in total. The molecule has 3 aromatic rings. The molecule has 0 aliphatic rings. The standard InChI is InChI=1S/C31H37Cl2N3O5S/c1-7-28(30(38)34-31(3,4)5)35(19-22-10-13-24(41-6)14-11-22)29(37)20-36(23-12-17-26(32)27(33)18-23)42(39,40)25-15-8-21(2)9-16-25/h8-18,28H,7,19-20H2,1-6H3,(H,34,38). The highest BCUT2D eigenvalue weighted by molar-refractivity contribution is 7.92. The lowest BCUT2D eigenvalue weighted by molar-refractivity contribution is -0.141. The molecule has 3 aromatic carbocycles. The van der Waals surface area contributed by atoms with Gasteiger partial charge in [-0.15, -0.1) is 0 Å². The highest BCUT2D eigenvalue weighted by Crippen LogP contribution is 2.31. The van der Waals surface area contributed by atoms with E-state index in [2.05, 4.69) is 5.32 Å². The van der Waals surface area contributed by atoms with Crippen LogP contribution in [0.15, 0.2) is 71.6 Å². The summed E-state index contributed by atoms with van der Waals surface area (Å²) in [5, 5.41) is 3.33. The maximum atomic E-state index is 14.2. The molecule has 0 aromatic heterocycles. The molecule has 226 valence electrons. The molecule has 0 saturated carbocycles. The number of hydrogen-bond acceptors (Lipinski definition) is 5. The molecular weight excluding hydrogens is 597 g/mol. The Kier molecular flexibility index (Phi) is 10.9. The minimum Gasteiger partial charge on any atom is -0.497 e. The number of ether oxygens (including phenoxy) is 1. The van der Waals surface area contributed by atoms with Gasteiger partial charge >= 0.3 is 0 Å². The van der Waals surface area contributed by atoms with Gasteiger partial charge in [0, 0.05) is 12.1 Å². The van der Waals surface area contributed by atoms with Crippen LogP contribution in [0.4, 0.5) is 5.69 Å². The van der Waals surface area contributed by atoms with Gasteiger partial charge in [-0.2, -0.15) is 0 Å². The molecule has 1 N–H and O–H groups in total. The van der Waals surface area contributed by atoms with Crippen LogP contribution in [-0.2, 0) is 26.2 Å². The summed E-state index contributed by atoms with van der Waals surface area (Å²) in [5.41, 5.74) is 1.25. The second-order valence-corrected chi connectivity index (χ2v) is 13.6. The summed E-state index contributed by atoms with van der Waals surface area (Å²) in [6.45, 7) is 8.71. The number of carbonyl (C=O) groups excluding carboxylic acids is 2. The maximum absolute atomic E-state index is 14.2. The van der Waals surface area contributed by atoms with Crippen molar-refractivity contribution >= 4 is 50.7 Å². The predicted molar refractivity (Wildman–Crippen MR) is 168 cm³/mol. The van der Waals surface area contributed by atoms with Gasteiger partial charge in [0.15, 0.2) is 0 Å². The average molecular weight is 635 g/mol. The highest BCUT2D eigenvalue weighted by atomic mass is 35.5. The van der Waals surface area contributed by atoms with Gasteiger partial charge in [0.1, 0.15) is 18.3 Å². The van der Waals surface area contributed by atoms with Crippen molar-refractivity contribution in [3.63, 3.8) is 0 Å². The van der Waals surface area contributed by atoms with Gasteiger partial charge in [-0.3, -0.25) is 13.9 Å². The first-order valence-electron chi connectivity index (χ1n) is 13.4. The van der Waals surface area contributed by atoms with E-state index in [4.69, 9.17) is 27.9 Å². The fourth-order valence-corrected chi connectivity index (χ4v) is 6.00. The number of carbonyl (C=O) groups is 2. The number of methoxy groups -OCH3 is 1. The van der Waals surface area contributed by atoms with E-state index in [1.165, 1.54) is 35.2 Å². The van der Waals surface area contributed by atoms with Crippen molar-refractivity contribution in [2.45, 2.75) is 64.1 Å². The zero-order valence-electron chi connectivity index (χ0n) is 24.6. The minimum absolute atomic E-state index is 0.00574. The number of nitrogens with one attached hydrogen (secondary N) is 1. The van der Waals surface area contributed by atoms with E-state index < -0.39 is 34.1 Å². The van der Waals surface area contributed by atoms with Gasteiger partial charge in [-0.25, -0.2) is 8.42 Å². The first-order valence-corrected chi connectivity index (χ1v) is 15.6.